The van der Waals surface area contributed by atoms with Crippen LogP contribution in [-0.2, 0) is 26.2 Å². The molecule has 4 rings (SSSR count). The molecule has 1 unspecified atom stereocenters. The Balaban J connectivity index is 0.00000225. The van der Waals surface area contributed by atoms with Gasteiger partial charge in [0.1, 0.15) is 0 Å². The summed E-state index contributed by atoms with van der Waals surface area (Å²) < 4.78 is 0. The Hall–Kier alpha value is -1.20. The van der Waals surface area contributed by atoms with Crippen LogP contribution in [0, 0.1) is 12.8 Å². The van der Waals surface area contributed by atoms with Crippen molar-refractivity contribution < 1.29 is 26.2 Å². The van der Waals surface area contributed by atoms with Crippen LogP contribution in [0.15, 0.2) is 48.0 Å². The zero-order valence-corrected chi connectivity index (χ0v) is 20.0. The van der Waals surface area contributed by atoms with Gasteiger partial charge in [-0.25, -0.2) is 0 Å². The summed E-state index contributed by atoms with van der Waals surface area (Å²) in [5.74, 6) is 1.37. The van der Waals surface area contributed by atoms with Crippen molar-refractivity contribution in [3.63, 3.8) is 0 Å². The second kappa shape index (κ2) is 9.53. The molecule has 0 N–H and O–H groups in total. The van der Waals surface area contributed by atoms with Gasteiger partial charge in [0.2, 0.25) is 0 Å². The summed E-state index contributed by atoms with van der Waals surface area (Å²) in [5.41, 5.74) is 6.71. The van der Waals surface area contributed by atoms with Crippen molar-refractivity contribution in [2.45, 2.75) is 65.2 Å². The smallest absolute Gasteiger partial charge is 0 e. The summed E-state index contributed by atoms with van der Waals surface area (Å²) >= 11 is 0. The van der Waals surface area contributed by atoms with Gasteiger partial charge in [0.25, 0.3) is 0 Å². The van der Waals surface area contributed by atoms with Gasteiger partial charge >= 0.3 is 0 Å². The van der Waals surface area contributed by atoms with Gasteiger partial charge < -0.3 is 0 Å². The molecule has 0 aliphatic heterocycles. The van der Waals surface area contributed by atoms with Crippen LogP contribution in [0.5, 0.6) is 0 Å². The Kier molecular flexibility index (Phi) is 7.32. The van der Waals surface area contributed by atoms with Gasteiger partial charge in [-0.05, 0) is 88.4 Å². The molecule has 1 atom stereocenters. The van der Waals surface area contributed by atoms with Crippen molar-refractivity contribution >= 4 is 12.2 Å². The second-order valence-electron chi connectivity index (χ2n) is 8.49. The van der Waals surface area contributed by atoms with Crippen molar-refractivity contribution in [2.75, 3.05) is 0 Å². The third-order valence-corrected chi connectivity index (χ3v) is 6.37. The Morgan fingerprint density at radius 1 is 1.07 bits per heavy atom. The zero-order chi connectivity index (χ0) is 18.8. The first-order valence-corrected chi connectivity index (χ1v) is 10.7. The van der Waals surface area contributed by atoms with E-state index in [1.54, 1.807) is 0 Å². The van der Waals surface area contributed by atoms with Gasteiger partial charge in [0, 0.05) is 26.2 Å². The minimum absolute atomic E-state index is 0. The standard InChI is InChI=1S/C27H31.Zr/c1-4-20(3)23-10-12-24(13-11-23)26-15-19(2)14-25-17-22(18-27(25)26)16-21-8-6-5-7-9-21;/h10-16,18,20-21H,4-9H2,1-3H3;. The van der Waals surface area contributed by atoms with Crippen LogP contribution in [0.2, 0.25) is 0 Å². The van der Waals surface area contributed by atoms with Gasteiger partial charge in [-0.1, -0.05) is 75.6 Å². The number of aryl methyl sites for hydroxylation is 1. The second-order valence-corrected chi connectivity index (χ2v) is 8.49. The zero-order valence-electron chi connectivity index (χ0n) is 17.5. The molecular formula is C27H31Zr. The number of rotatable bonds is 4. The third-order valence-electron chi connectivity index (χ3n) is 6.37. The van der Waals surface area contributed by atoms with Crippen LogP contribution < -0.4 is 10.4 Å². The molecule has 1 radical (unpaired) electrons. The van der Waals surface area contributed by atoms with E-state index in [9.17, 15) is 0 Å². The molecule has 2 aromatic carbocycles. The fraction of sp³-hybridized carbons (Fsp3) is 0.407. The monoisotopic (exact) mass is 445 g/mol. The largest absolute Gasteiger partial charge is 0.0735 e. The molecule has 0 heterocycles. The average Bonchev–Trinajstić information content (AvgIpc) is 3.09. The van der Waals surface area contributed by atoms with Crippen LogP contribution in [0.1, 0.15) is 69.4 Å². The van der Waals surface area contributed by atoms with Crippen LogP contribution in [-0.4, -0.2) is 0 Å². The number of benzene rings is 2. The van der Waals surface area contributed by atoms with Gasteiger partial charge in [-0.15, -0.1) is 0 Å². The first-order valence-electron chi connectivity index (χ1n) is 10.7. The fourth-order valence-corrected chi connectivity index (χ4v) is 4.51. The molecule has 0 aromatic heterocycles. The van der Waals surface area contributed by atoms with Crippen molar-refractivity contribution in [2.24, 2.45) is 5.92 Å². The molecule has 143 valence electrons. The number of allylic oxidation sites excluding steroid dienone is 2. The summed E-state index contributed by atoms with van der Waals surface area (Å²) in [5, 5.41) is 2.61. The average molecular weight is 447 g/mol. The molecule has 0 spiro atoms. The molecular weight excluding hydrogens is 416 g/mol. The molecule has 28 heavy (non-hydrogen) atoms. The van der Waals surface area contributed by atoms with E-state index in [4.69, 9.17) is 0 Å². The maximum absolute atomic E-state index is 3.68. The van der Waals surface area contributed by atoms with Crippen LogP contribution in [0.4, 0.5) is 0 Å². The van der Waals surface area contributed by atoms with Crippen molar-refractivity contribution in [3.8, 4) is 11.1 Å². The molecule has 2 aromatic rings. The normalized spacial score (nSPS) is 18.8. The summed E-state index contributed by atoms with van der Waals surface area (Å²) in [6.07, 6.45) is 16.6. The van der Waals surface area contributed by atoms with E-state index in [-0.39, 0.29) is 26.2 Å². The summed E-state index contributed by atoms with van der Waals surface area (Å²) in [6, 6.07) is 13.8. The molecule has 0 saturated heterocycles. The SMILES string of the molecule is CCC(C)c1ccc(-c2cc(C)cc3c2=CC(=CC2CCCCC2)[C]=3)cc1.[Zr]. The molecule has 1 fully saturated rings. The first kappa shape index (κ1) is 21.5. The minimum Gasteiger partial charge on any atom is -0.0735 e. The maximum Gasteiger partial charge on any atom is 0 e. The van der Waals surface area contributed by atoms with Gasteiger partial charge in [-0.3, -0.25) is 0 Å². The van der Waals surface area contributed by atoms with E-state index in [0.29, 0.717) is 5.92 Å². The molecule has 2 aliphatic rings. The Morgan fingerprint density at radius 3 is 2.46 bits per heavy atom. The van der Waals surface area contributed by atoms with Crippen LogP contribution >= 0.6 is 0 Å². The fourth-order valence-electron chi connectivity index (χ4n) is 4.51. The third kappa shape index (κ3) is 4.68. The number of hydrogen-bond donors (Lipinski definition) is 0. The van der Waals surface area contributed by atoms with Crippen LogP contribution in [0.3, 0.4) is 0 Å². The molecule has 1 heteroatoms. The Morgan fingerprint density at radius 2 is 1.79 bits per heavy atom. The summed E-state index contributed by atoms with van der Waals surface area (Å²) in [7, 11) is 0. The Labute approximate surface area is 189 Å². The minimum atomic E-state index is 0. The number of hydrogen-bond acceptors (Lipinski definition) is 0. The van der Waals surface area contributed by atoms with E-state index < -0.39 is 0 Å². The molecule has 0 amide bonds. The summed E-state index contributed by atoms with van der Waals surface area (Å²) in [6.45, 7) is 6.76. The van der Waals surface area contributed by atoms with Gasteiger partial charge in [0.05, 0.1) is 0 Å². The van der Waals surface area contributed by atoms with Crippen LogP contribution in [0.25, 0.3) is 23.3 Å². The molecule has 0 bridgehead atoms. The van der Waals surface area contributed by atoms with E-state index >= 15 is 0 Å². The van der Waals surface area contributed by atoms with Crippen molar-refractivity contribution in [3.05, 3.63) is 69.6 Å². The Bertz CT molecular complexity index is 957. The van der Waals surface area contributed by atoms with E-state index in [2.05, 4.69) is 75.4 Å². The van der Waals surface area contributed by atoms with E-state index in [0.717, 1.165) is 5.92 Å². The van der Waals surface area contributed by atoms with Gasteiger partial charge in [0.15, 0.2) is 0 Å². The van der Waals surface area contributed by atoms with Crippen molar-refractivity contribution in [1.29, 1.82) is 0 Å². The molecule has 2 aliphatic carbocycles. The topological polar surface area (TPSA) is 0 Å². The molecule has 0 nitrogen and oxygen atoms in total. The van der Waals surface area contributed by atoms with E-state index in [1.807, 2.05) is 0 Å². The summed E-state index contributed by atoms with van der Waals surface area (Å²) in [4.78, 5) is 0. The number of fused-ring (bicyclic) bond motifs is 1. The molecule has 1 saturated carbocycles. The van der Waals surface area contributed by atoms with E-state index in [1.165, 1.54) is 76.8 Å². The maximum atomic E-state index is 3.68. The quantitative estimate of drug-likeness (QED) is 0.530. The van der Waals surface area contributed by atoms with Crippen molar-refractivity contribution in [1.82, 2.24) is 0 Å². The predicted molar refractivity (Wildman–Crippen MR) is 117 cm³/mol. The van der Waals surface area contributed by atoms with Gasteiger partial charge in [-0.2, -0.15) is 0 Å². The predicted octanol–water partition coefficient (Wildman–Crippen LogP) is 6.13. The first-order chi connectivity index (χ1) is 13.1.